The first-order valence-electron chi connectivity index (χ1n) is 6.15. The van der Waals surface area contributed by atoms with E-state index in [0.717, 1.165) is 24.6 Å². The van der Waals surface area contributed by atoms with Crippen LogP contribution in [0.5, 0.6) is 0 Å². The number of nitrogens with zero attached hydrogens (tertiary/aromatic N) is 2. The van der Waals surface area contributed by atoms with Gasteiger partial charge in [0.1, 0.15) is 0 Å². The Morgan fingerprint density at radius 3 is 2.52 bits per heavy atom. The maximum absolute atomic E-state index is 13.1. The van der Waals surface area contributed by atoms with E-state index in [1.807, 2.05) is 0 Å². The molecule has 0 atom stereocenters. The second kappa shape index (κ2) is 6.40. The van der Waals surface area contributed by atoms with Gasteiger partial charge in [-0.15, -0.1) is 0 Å². The van der Waals surface area contributed by atoms with Crippen LogP contribution in [-0.4, -0.2) is 25.9 Å². The zero-order valence-corrected chi connectivity index (χ0v) is 14.1. The predicted molar refractivity (Wildman–Crippen MR) is 83.7 cm³/mol. The van der Waals surface area contributed by atoms with Gasteiger partial charge in [0.05, 0.1) is 14.9 Å². The Morgan fingerprint density at radius 1 is 1.26 bits per heavy atom. The molecule has 0 aliphatic carbocycles. The second-order valence-electron chi connectivity index (χ2n) is 4.59. The standard InChI is InChI=1S/C14H10BrF3N2O2S/c1-23(21,22)10-5-4-9(11(7-10)14(16,17)18)8-20-13-12(15)3-2-6-19-13/h2-8H,1H3. The molecule has 1 heterocycles. The molecule has 0 radical (unpaired) electrons. The molecular formula is C14H10BrF3N2O2S. The Kier molecular flexibility index (Phi) is 4.90. The normalized spacial score (nSPS) is 12.7. The van der Waals surface area contributed by atoms with E-state index in [2.05, 4.69) is 25.9 Å². The molecule has 0 bridgehead atoms. The first-order valence-corrected chi connectivity index (χ1v) is 8.83. The number of halogens is 4. The largest absolute Gasteiger partial charge is 0.417 e. The fourth-order valence-corrected chi connectivity index (χ4v) is 2.73. The highest BCUT2D eigenvalue weighted by Crippen LogP contribution is 2.33. The summed E-state index contributed by atoms with van der Waals surface area (Å²) in [5.41, 5.74) is -1.32. The van der Waals surface area contributed by atoms with Crippen LogP contribution in [0, 0.1) is 0 Å². The lowest BCUT2D eigenvalue weighted by molar-refractivity contribution is -0.137. The van der Waals surface area contributed by atoms with Crippen molar-refractivity contribution in [2.75, 3.05) is 6.26 Å². The molecule has 0 aliphatic rings. The van der Waals surface area contributed by atoms with Gasteiger partial charge < -0.3 is 0 Å². The zero-order chi connectivity index (χ0) is 17.3. The van der Waals surface area contributed by atoms with Gasteiger partial charge in [0.2, 0.25) is 0 Å². The van der Waals surface area contributed by atoms with Crippen LogP contribution < -0.4 is 0 Å². The topological polar surface area (TPSA) is 59.4 Å². The van der Waals surface area contributed by atoms with Crippen LogP contribution in [0.1, 0.15) is 11.1 Å². The summed E-state index contributed by atoms with van der Waals surface area (Å²) in [4.78, 5) is 7.43. The molecule has 122 valence electrons. The van der Waals surface area contributed by atoms with Gasteiger partial charge in [0.15, 0.2) is 15.7 Å². The minimum Gasteiger partial charge on any atom is -0.236 e. The molecule has 2 aromatic rings. The molecule has 0 saturated carbocycles. The van der Waals surface area contributed by atoms with E-state index in [1.165, 1.54) is 6.20 Å². The van der Waals surface area contributed by atoms with E-state index in [0.29, 0.717) is 10.5 Å². The van der Waals surface area contributed by atoms with Gasteiger partial charge in [-0.2, -0.15) is 13.2 Å². The summed E-state index contributed by atoms with van der Waals surface area (Å²) in [6.07, 6.45) is -1.40. The maximum atomic E-state index is 13.1. The number of hydrogen-bond acceptors (Lipinski definition) is 4. The lowest BCUT2D eigenvalue weighted by Crippen LogP contribution is -2.11. The average molecular weight is 407 g/mol. The van der Waals surface area contributed by atoms with E-state index in [4.69, 9.17) is 0 Å². The van der Waals surface area contributed by atoms with Gasteiger partial charge in [0.25, 0.3) is 0 Å². The van der Waals surface area contributed by atoms with Crippen molar-refractivity contribution in [3.8, 4) is 0 Å². The number of pyridine rings is 1. The molecule has 0 unspecified atom stereocenters. The zero-order valence-electron chi connectivity index (χ0n) is 11.7. The molecule has 0 aliphatic heterocycles. The molecular weight excluding hydrogens is 397 g/mol. The molecule has 1 aromatic carbocycles. The Morgan fingerprint density at radius 2 is 1.96 bits per heavy atom. The molecule has 0 saturated heterocycles. The quantitative estimate of drug-likeness (QED) is 0.723. The lowest BCUT2D eigenvalue weighted by atomic mass is 10.1. The van der Waals surface area contributed by atoms with E-state index in [9.17, 15) is 21.6 Å². The molecule has 9 heteroatoms. The minimum atomic E-state index is -4.70. The van der Waals surface area contributed by atoms with Crippen LogP contribution in [0.3, 0.4) is 0 Å². The van der Waals surface area contributed by atoms with Crippen LogP contribution in [0.15, 0.2) is 50.9 Å². The summed E-state index contributed by atoms with van der Waals surface area (Å²) in [6.45, 7) is 0. The van der Waals surface area contributed by atoms with Crippen molar-refractivity contribution in [1.82, 2.24) is 4.98 Å². The molecule has 0 spiro atoms. The van der Waals surface area contributed by atoms with Crippen molar-refractivity contribution in [2.45, 2.75) is 11.1 Å². The summed E-state index contributed by atoms with van der Waals surface area (Å²) in [5, 5.41) is 0. The number of aromatic nitrogens is 1. The van der Waals surface area contributed by atoms with E-state index in [-0.39, 0.29) is 11.4 Å². The molecule has 4 nitrogen and oxygen atoms in total. The smallest absolute Gasteiger partial charge is 0.236 e. The third kappa shape index (κ3) is 4.38. The molecule has 2 rings (SSSR count). The molecule has 0 fully saturated rings. The molecule has 0 N–H and O–H groups in total. The van der Waals surface area contributed by atoms with E-state index in [1.54, 1.807) is 12.1 Å². The number of hydrogen-bond donors (Lipinski definition) is 0. The summed E-state index contributed by atoms with van der Waals surface area (Å²) >= 11 is 3.19. The molecule has 1 aromatic heterocycles. The number of benzene rings is 1. The highest BCUT2D eigenvalue weighted by Gasteiger charge is 2.34. The first-order chi connectivity index (χ1) is 10.6. The third-order valence-corrected chi connectivity index (χ3v) is 4.55. The van der Waals surface area contributed by atoms with Crippen molar-refractivity contribution in [3.05, 3.63) is 52.1 Å². The fraction of sp³-hybridized carbons (Fsp3) is 0.143. The lowest BCUT2D eigenvalue weighted by Gasteiger charge is -2.11. The summed E-state index contributed by atoms with van der Waals surface area (Å²) in [5.74, 6) is 0.216. The second-order valence-corrected chi connectivity index (χ2v) is 7.46. The Labute approximate surface area is 139 Å². The van der Waals surface area contributed by atoms with Crippen molar-refractivity contribution in [3.63, 3.8) is 0 Å². The predicted octanol–water partition coefficient (Wildman–Crippen LogP) is 4.02. The first kappa shape index (κ1) is 17.6. The molecule has 23 heavy (non-hydrogen) atoms. The van der Waals surface area contributed by atoms with Crippen LogP contribution in [0.4, 0.5) is 19.0 Å². The van der Waals surface area contributed by atoms with Gasteiger partial charge in [0, 0.05) is 24.2 Å². The highest BCUT2D eigenvalue weighted by molar-refractivity contribution is 9.10. The van der Waals surface area contributed by atoms with Crippen molar-refractivity contribution in [2.24, 2.45) is 4.99 Å². The van der Waals surface area contributed by atoms with Crippen LogP contribution in [0.2, 0.25) is 0 Å². The van der Waals surface area contributed by atoms with Crippen LogP contribution >= 0.6 is 15.9 Å². The molecule has 0 amide bonds. The Balaban J connectivity index is 2.53. The summed E-state index contributed by atoms with van der Waals surface area (Å²) in [6, 6.07) is 6.07. The van der Waals surface area contributed by atoms with Gasteiger partial charge in [-0.3, -0.25) is 0 Å². The Hall–Kier alpha value is -1.74. The van der Waals surface area contributed by atoms with Gasteiger partial charge in [-0.25, -0.2) is 18.4 Å². The van der Waals surface area contributed by atoms with Crippen LogP contribution in [-0.2, 0) is 16.0 Å². The van der Waals surface area contributed by atoms with Crippen molar-refractivity contribution >= 4 is 37.8 Å². The van der Waals surface area contributed by atoms with Crippen molar-refractivity contribution in [1.29, 1.82) is 0 Å². The maximum Gasteiger partial charge on any atom is 0.417 e. The monoisotopic (exact) mass is 406 g/mol. The van der Waals surface area contributed by atoms with E-state index < -0.39 is 26.5 Å². The van der Waals surface area contributed by atoms with E-state index >= 15 is 0 Å². The number of sulfone groups is 1. The number of alkyl halides is 3. The van der Waals surface area contributed by atoms with Crippen molar-refractivity contribution < 1.29 is 21.6 Å². The number of aliphatic imine (C=N–C) groups is 1. The minimum absolute atomic E-state index is 0.216. The Bertz CT molecular complexity index is 865. The van der Waals surface area contributed by atoms with Crippen LogP contribution in [0.25, 0.3) is 0 Å². The highest BCUT2D eigenvalue weighted by atomic mass is 79.9. The van der Waals surface area contributed by atoms with Gasteiger partial charge in [-0.05, 0) is 40.2 Å². The SMILES string of the molecule is CS(=O)(=O)c1ccc(C=Nc2ncccc2Br)c(C(F)(F)F)c1. The van der Waals surface area contributed by atoms with Gasteiger partial charge >= 0.3 is 6.18 Å². The van der Waals surface area contributed by atoms with Gasteiger partial charge in [-0.1, -0.05) is 6.07 Å². The third-order valence-electron chi connectivity index (χ3n) is 2.82. The number of rotatable bonds is 3. The summed E-state index contributed by atoms with van der Waals surface area (Å²) < 4.78 is 62.8. The summed E-state index contributed by atoms with van der Waals surface area (Å²) in [7, 11) is -3.74. The average Bonchev–Trinajstić information content (AvgIpc) is 2.44. The fourth-order valence-electron chi connectivity index (χ4n) is 1.73.